The van der Waals surface area contributed by atoms with Crippen molar-refractivity contribution in [2.24, 2.45) is 5.92 Å². The van der Waals surface area contributed by atoms with Crippen molar-refractivity contribution in [1.29, 1.82) is 0 Å². The van der Waals surface area contributed by atoms with E-state index in [1.54, 1.807) is 0 Å². The van der Waals surface area contributed by atoms with Crippen LogP contribution in [0.5, 0.6) is 0 Å². The van der Waals surface area contributed by atoms with E-state index in [1.165, 1.54) is 33.8 Å². The number of aryl methyl sites for hydroxylation is 2. The molecule has 3 aromatic rings. The summed E-state index contributed by atoms with van der Waals surface area (Å²) in [5, 5.41) is 7.50. The summed E-state index contributed by atoms with van der Waals surface area (Å²) in [6, 6.07) is 10.0. The van der Waals surface area contributed by atoms with Crippen molar-refractivity contribution in [2.75, 3.05) is 18.4 Å². The molecule has 2 aromatic heterocycles. The van der Waals surface area contributed by atoms with Crippen molar-refractivity contribution >= 4 is 39.6 Å². The molecular weight excluding hydrogens is 402 g/mol. The number of rotatable bonds is 4. The van der Waals surface area contributed by atoms with Crippen LogP contribution in [0.4, 0.5) is 5.13 Å². The molecule has 3 heterocycles. The van der Waals surface area contributed by atoms with Gasteiger partial charge >= 0.3 is 0 Å². The summed E-state index contributed by atoms with van der Waals surface area (Å²) in [6.45, 7) is 5.35. The Bertz CT molecular complexity index is 1020. The molecule has 4 rings (SSSR count). The number of aromatic nitrogens is 1. The number of benzene rings is 1. The Morgan fingerprint density at radius 2 is 1.93 bits per heavy atom. The average molecular weight is 426 g/mol. The number of thiazole rings is 1. The molecule has 0 unspecified atom stereocenters. The topological polar surface area (TPSA) is 62.3 Å². The SMILES string of the molecule is Cc1ccc(C)c(-c2csc(NC(=O)C3CCN(C(=O)c4cccs4)CC3)n2)c1. The molecule has 1 N–H and O–H groups in total. The van der Waals surface area contributed by atoms with E-state index in [0.29, 0.717) is 31.1 Å². The number of nitrogens with one attached hydrogen (secondary N) is 1. The third kappa shape index (κ3) is 4.41. The van der Waals surface area contributed by atoms with E-state index in [4.69, 9.17) is 0 Å². The van der Waals surface area contributed by atoms with Gasteiger partial charge in [-0.1, -0.05) is 23.8 Å². The maximum absolute atomic E-state index is 12.7. The summed E-state index contributed by atoms with van der Waals surface area (Å²) < 4.78 is 0. The molecule has 0 aliphatic carbocycles. The number of likely N-dealkylation sites (tertiary alicyclic amines) is 1. The number of nitrogens with zero attached hydrogens (tertiary/aromatic N) is 2. The Balaban J connectivity index is 1.35. The number of carbonyl (C=O) groups is 2. The highest BCUT2D eigenvalue weighted by molar-refractivity contribution is 7.14. The lowest BCUT2D eigenvalue weighted by Gasteiger charge is -2.30. The molecular formula is C22H23N3O2S2. The first kappa shape index (κ1) is 19.8. The van der Waals surface area contributed by atoms with Gasteiger partial charge < -0.3 is 10.2 Å². The van der Waals surface area contributed by atoms with Gasteiger partial charge in [-0.15, -0.1) is 22.7 Å². The van der Waals surface area contributed by atoms with Crippen molar-refractivity contribution in [1.82, 2.24) is 9.88 Å². The van der Waals surface area contributed by atoms with Crippen LogP contribution in [0, 0.1) is 19.8 Å². The van der Waals surface area contributed by atoms with Crippen LogP contribution in [0.15, 0.2) is 41.1 Å². The molecule has 1 aliphatic rings. The molecule has 0 atom stereocenters. The van der Waals surface area contributed by atoms with Crippen LogP contribution in [-0.4, -0.2) is 34.8 Å². The van der Waals surface area contributed by atoms with Crippen LogP contribution in [0.1, 0.15) is 33.6 Å². The number of thiophene rings is 1. The fourth-order valence-electron chi connectivity index (χ4n) is 3.57. The maximum atomic E-state index is 12.7. The Morgan fingerprint density at radius 3 is 2.66 bits per heavy atom. The van der Waals surface area contributed by atoms with E-state index in [2.05, 4.69) is 42.3 Å². The number of carbonyl (C=O) groups excluding carboxylic acids is 2. The van der Waals surface area contributed by atoms with Gasteiger partial charge in [0.25, 0.3) is 5.91 Å². The minimum absolute atomic E-state index is 0.00455. The van der Waals surface area contributed by atoms with Crippen LogP contribution >= 0.6 is 22.7 Å². The molecule has 29 heavy (non-hydrogen) atoms. The van der Waals surface area contributed by atoms with Gasteiger partial charge in [-0.2, -0.15) is 0 Å². The van der Waals surface area contributed by atoms with E-state index in [1.807, 2.05) is 27.8 Å². The lowest BCUT2D eigenvalue weighted by atomic mass is 9.96. The van der Waals surface area contributed by atoms with E-state index in [9.17, 15) is 9.59 Å². The maximum Gasteiger partial charge on any atom is 0.263 e. The van der Waals surface area contributed by atoms with Gasteiger partial charge in [-0.25, -0.2) is 4.98 Å². The second kappa shape index (κ2) is 8.47. The van der Waals surface area contributed by atoms with Crippen molar-refractivity contribution in [3.8, 4) is 11.3 Å². The lowest BCUT2D eigenvalue weighted by molar-refractivity contribution is -0.121. The quantitative estimate of drug-likeness (QED) is 0.641. The fourth-order valence-corrected chi connectivity index (χ4v) is 4.98. The number of piperidine rings is 1. The molecule has 0 saturated carbocycles. The van der Waals surface area contributed by atoms with Crippen molar-refractivity contribution in [3.63, 3.8) is 0 Å². The minimum Gasteiger partial charge on any atom is -0.338 e. The van der Waals surface area contributed by atoms with Gasteiger partial charge in [0.2, 0.25) is 5.91 Å². The Kier molecular flexibility index (Phi) is 5.78. The van der Waals surface area contributed by atoms with E-state index >= 15 is 0 Å². The summed E-state index contributed by atoms with van der Waals surface area (Å²) in [5.74, 6) is -0.0255. The molecule has 1 aromatic carbocycles. The van der Waals surface area contributed by atoms with Crippen LogP contribution < -0.4 is 5.32 Å². The van der Waals surface area contributed by atoms with Crippen molar-refractivity contribution in [3.05, 3.63) is 57.1 Å². The summed E-state index contributed by atoms with van der Waals surface area (Å²) in [4.78, 5) is 32.4. The highest BCUT2D eigenvalue weighted by Crippen LogP contribution is 2.29. The standard InChI is InChI=1S/C22H23N3O2S2/c1-14-5-6-15(2)17(12-14)18-13-29-22(23-18)24-20(26)16-7-9-25(10-8-16)21(27)19-4-3-11-28-19/h3-6,11-13,16H,7-10H2,1-2H3,(H,23,24,26). The van der Waals surface area contributed by atoms with Gasteiger partial charge in [0.15, 0.2) is 5.13 Å². The smallest absolute Gasteiger partial charge is 0.263 e. The van der Waals surface area contributed by atoms with Crippen LogP contribution in [-0.2, 0) is 4.79 Å². The molecule has 0 spiro atoms. The Morgan fingerprint density at radius 1 is 1.14 bits per heavy atom. The first-order chi connectivity index (χ1) is 14.0. The summed E-state index contributed by atoms with van der Waals surface area (Å²) in [7, 11) is 0. The van der Waals surface area contributed by atoms with Gasteiger partial charge in [0.1, 0.15) is 0 Å². The number of hydrogen-bond donors (Lipinski definition) is 1. The average Bonchev–Trinajstić information content (AvgIpc) is 3.42. The summed E-state index contributed by atoms with van der Waals surface area (Å²) >= 11 is 2.91. The minimum atomic E-state index is -0.0876. The monoisotopic (exact) mass is 425 g/mol. The number of anilines is 1. The Labute approximate surface area is 178 Å². The predicted octanol–water partition coefficient (Wildman–Crippen LogP) is 4.98. The van der Waals surface area contributed by atoms with E-state index < -0.39 is 0 Å². The molecule has 150 valence electrons. The highest BCUT2D eigenvalue weighted by Gasteiger charge is 2.28. The van der Waals surface area contributed by atoms with E-state index in [0.717, 1.165) is 16.1 Å². The van der Waals surface area contributed by atoms with Gasteiger partial charge in [0.05, 0.1) is 10.6 Å². The summed E-state index contributed by atoms with van der Waals surface area (Å²) in [6.07, 6.45) is 1.36. The third-order valence-electron chi connectivity index (χ3n) is 5.29. The first-order valence-corrected chi connectivity index (χ1v) is 11.4. The molecule has 0 bridgehead atoms. The molecule has 7 heteroatoms. The van der Waals surface area contributed by atoms with Gasteiger partial charge in [0, 0.05) is 30.0 Å². The molecule has 5 nitrogen and oxygen atoms in total. The van der Waals surface area contributed by atoms with Crippen LogP contribution in [0.3, 0.4) is 0 Å². The second-order valence-corrected chi connectivity index (χ2v) is 9.20. The van der Waals surface area contributed by atoms with E-state index in [-0.39, 0.29) is 17.7 Å². The summed E-state index contributed by atoms with van der Waals surface area (Å²) in [5.41, 5.74) is 4.35. The molecule has 1 aliphatic heterocycles. The molecule has 2 amide bonds. The number of amides is 2. The predicted molar refractivity (Wildman–Crippen MR) is 119 cm³/mol. The van der Waals surface area contributed by atoms with Gasteiger partial charge in [-0.05, 0) is 49.8 Å². The fraction of sp³-hybridized carbons (Fsp3) is 0.318. The molecule has 1 fully saturated rings. The largest absolute Gasteiger partial charge is 0.338 e. The first-order valence-electron chi connectivity index (χ1n) is 9.68. The molecule has 1 saturated heterocycles. The third-order valence-corrected chi connectivity index (χ3v) is 6.90. The second-order valence-electron chi connectivity index (χ2n) is 7.39. The van der Waals surface area contributed by atoms with Crippen LogP contribution in [0.25, 0.3) is 11.3 Å². The van der Waals surface area contributed by atoms with Gasteiger partial charge in [-0.3, -0.25) is 9.59 Å². The number of hydrogen-bond acceptors (Lipinski definition) is 5. The Hall–Kier alpha value is -2.51. The zero-order valence-electron chi connectivity index (χ0n) is 16.5. The zero-order valence-corrected chi connectivity index (χ0v) is 18.1. The van der Waals surface area contributed by atoms with Crippen molar-refractivity contribution in [2.45, 2.75) is 26.7 Å². The zero-order chi connectivity index (χ0) is 20.4. The van der Waals surface area contributed by atoms with Crippen LogP contribution in [0.2, 0.25) is 0 Å². The highest BCUT2D eigenvalue weighted by atomic mass is 32.1. The molecule has 0 radical (unpaired) electrons. The van der Waals surface area contributed by atoms with Crippen molar-refractivity contribution < 1.29 is 9.59 Å². The normalized spacial score (nSPS) is 14.8. The lowest BCUT2D eigenvalue weighted by Crippen LogP contribution is -2.41.